The van der Waals surface area contributed by atoms with Crippen molar-refractivity contribution in [1.29, 1.82) is 0 Å². The Morgan fingerprint density at radius 2 is 2.00 bits per heavy atom. The summed E-state index contributed by atoms with van der Waals surface area (Å²) in [5, 5.41) is 0. The summed E-state index contributed by atoms with van der Waals surface area (Å²) < 4.78 is 26.4. The van der Waals surface area contributed by atoms with Gasteiger partial charge < -0.3 is 10.6 Å². The Labute approximate surface area is 159 Å². The molecule has 2 unspecified atom stereocenters. The number of benzene rings is 1. The quantitative estimate of drug-likeness (QED) is 0.823. The highest BCUT2D eigenvalue weighted by molar-refractivity contribution is 7.90. The lowest BCUT2D eigenvalue weighted by Crippen LogP contribution is -2.34. The number of amides is 2. The molecule has 7 nitrogen and oxygen atoms in total. The molecule has 1 saturated heterocycles. The van der Waals surface area contributed by atoms with Gasteiger partial charge in [0.25, 0.3) is 21.8 Å². The third kappa shape index (κ3) is 2.80. The van der Waals surface area contributed by atoms with Crippen LogP contribution < -0.4 is 5.73 Å². The summed E-state index contributed by atoms with van der Waals surface area (Å²) in [5.74, 6) is -0.419. The summed E-state index contributed by atoms with van der Waals surface area (Å²) in [7, 11) is -3.85. The van der Waals surface area contributed by atoms with E-state index in [1.165, 1.54) is 12.1 Å². The lowest BCUT2D eigenvalue weighted by molar-refractivity contribution is 0.0742. The Balaban J connectivity index is 0.00000196. The smallest absolute Gasteiger partial charge is 0.269 e. The van der Waals surface area contributed by atoms with E-state index in [9.17, 15) is 18.0 Å². The Kier molecular flexibility index (Phi) is 4.79. The number of hydrogen-bond acceptors (Lipinski definition) is 5. The zero-order valence-corrected chi connectivity index (χ0v) is 16.1. The standard InChI is InChI=1S/C17H21N3O4S.ClH/c1-10-6-11(8-18)9-19(10)16(21)12-2-5-14-15(7-12)25(23,24)20(17(14)22)13-3-4-13;/h2,5,7,10-11,13H,3-4,6,8-9,18H2,1H3;1H. The van der Waals surface area contributed by atoms with Gasteiger partial charge in [-0.1, -0.05) is 0 Å². The molecule has 2 aliphatic heterocycles. The minimum atomic E-state index is -3.85. The summed E-state index contributed by atoms with van der Waals surface area (Å²) in [6.07, 6.45) is 2.26. The molecule has 2 fully saturated rings. The number of nitrogens with two attached hydrogens (primary N) is 1. The van der Waals surface area contributed by atoms with Gasteiger partial charge in [0.15, 0.2) is 0 Å². The molecule has 2 atom stereocenters. The number of carbonyl (C=O) groups is 2. The fourth-order valence-corrected chi connectivity index (χ4v) is 5.65. The monoisotopic (exact) mass is 399 g/mol. The van der Waals surface area contributed by atoms with Crippen molar-refractivity contribution in [3.8, 4) is 0 Å². The Morgan fingerprint density at radius 3 is 2.58 bits per heavy atom. The zero-order valence-electron chi connectivity index (χ0n) is 14.4. The number of likely N-dealkylation sites (tertiary alicyclic amines) is 1. The Hall–Kier alpha value is -1.64. The minimum absolute atomic E-state index is 0. The van der Waals surface area contributed by atoms with Crippen LogP contribution in [0.4, 0.5) is 0 Å². The molecule has 1 saturated carbocycles. The van der Waals surface area contributed by atoms with Crippen LogP contribution >= 0.6 is 12.4 Å². The summed E-state index contributed by atoms with van der Waals surface area (Å²) in [4.78, 5) is 26.9. The topological polar surface area (TPSA) is 101 Å². The van der Waals surface area contributed by atoms with Crippen LogP contribution in [0.25, 0.3) is 0 Å². The first-order chi connectivity index (χ1) is 11.8. The van der Waals surface area contributed by atoms with E-state index in [4.69, 9.17) is 5.73 Å². The lowest BCUT2D eigenvalue weighted by Gasteiger charge is -2.21. The van der Waals surface area contributed by atoms with Gasteiger partial charge in [0.2, 0.25) is 0 Å². The molecular weight excluding hydrogens is 378 g/mol. The van der Waals surface area contributed by atoms with Crippen molar-refractivity contribution < 1.29 is 18.0 Å². The van der Waals surface area contributed by atoms with Crippen molar-refractivity contribution in [1.82, 2.24) is 9.21 Å². The molecule has 1 aliphatic carbocycles. The maximum Gasteiger partial charge on any atom is 0.269 e. The molecule has 9 heteroatoms. The summed E-state index contributed by atoms with van der Waals surface area (Å²) in [6, 6.07) is 4.21. The minimum Gasteiger partial charge on any atom is -0.336 e. The van der Waals surface area contributed by atoms with E-state index in [2.05, 4.69) is 0 Å². The summed E-state index contributed by atoms with van der Waals surface area (Å²) in [5.41, 5.74) is 6.18. The Morgan fingerprint density at radius 1 is 1.31 bits per heavy atom. The van der Waals surface area contributed by atoms with E-state index < -0.39 is 15.9 Å². The SMILES string of the molecule is CC1CC(CN)CN1C(=O)c1ccc2c(c1)S(=O)(=O)N(C1CC1)C2=O.Cl. The summed E-state index contributed by atoms with van der Waals surface area (Å²) in [6.45, 7) is 3.07. The second-order valence-corrected chi connectivity index (χ2v) is 8.98. The van der Waals surface area contributed by atoms with Crippen molar-refractivity contribution in [2.45, 2.75) is 43.2 Å². The van der Waals surface area contributed by atoms with Crippen LogP contribution in [-0.2, 0) is 10.0 Å². The lowest BCUT2D eigenvalue weighted by atomic mass is 10.1. The number of hydrogen-bond donors (Lipinski definition) is 1. The molecule has 0 aromatic heterocycles. The predicted molar refractivity (Wildman–Crippen MR) is 97.7 cm³/mol. The molecule has 3 aliphatic rings. The van der Waals surface area contributed by atoms with Gasteiger partial charge in [-0.25, -0.2) is 12.7 Å². The normalized spacial score (nSPS) is 26.6. The van der Waals surface area contributed by atoms with Crippen LogP contribution in [0.3, 0.4) is 0 Å². The molecule has 0 bridgehead atoms. The van der Waals surface area contributed by atoms with Crippen molar-refractivity contribution in [3.05, 3.63) is 29.3 Å². The van der Waals surface area contributed by atoms with Crippen molar-refractivity contribution in [2.75, 3.05) is 13.1 Å². The van der Waals surface area contributed by atoms with Gasteiger partial charge in [-0.3, -0.25) is 9.59 Å². The Bertz CT molecular complexity index is 869. The van der Waals surface area contributed by atoms with Crippen LogP contribution in [-0.4, -0.2) is 54.6 Å². The van der Waals surface area contributed by atoms with E-state index in [1.54, 1.807) is 11.0 Å². The highest BCUT2D eigenvalue weighted by Gasteiger charge is 2.49. The molecule has 142 valence electrons. The highest BCUT2D eigenvalue weighted by Crippen LogP contribution is 2.40. The summed E-state index contributed by atoms with van der Waals surface area (Å²) >= 11 is 0. The van der Waals surface area contributed by atoms with Crippen molar-refractivity contribution in [2.24, 2.45) is 11.7 Å². The van der Waals surface area contributed by atoms with E-state index in [0.29, 0.717) is 31.5 Å². The molecule has 26 heavy (non-hydrogen) atoms. The first-order valence-corrected chi connectivity index (χ1v) is 10.0. The average Bonchev–Trinajstić information content (AvgIpc) is 3.30. The van der Waals surface area contributed by atoms with Gasteiger partial charge in [0, 0.05) is 24.2 Å². The molecule has 2 N–H and O–H groups in total. The largest absolute Gasteiger partial charge is 0.336 e. The van der Waals surface area contributed by atoms with E-state index in [1.807, 2.05) is 6.92 Å². The fraction of sp³-hybridized carbons (Fsp3) is 0.529. The maximum atomic E-state index is 12.8. The third-order valence-electron chi connectivity index (χ3n) is 5.33. The molecule has 0 spiro atoms. The van der Waals surface area contributed by atoms with Crippen LogP contribution in [0.1, 0.15) is 46.9 Å². The first-order valence-electron chi connectivity index (χ1n) is 8.58. The fourth-order valence-electron chi connectivity index (χ4n) is 3.81. The maximum absolute atomic E-state index is 12.8. The predicted octanol–water partition coefficient (Wildman–Crippen LogP) is 1.22. The molecule has 2 amide bonds. The zero-order chi connectivity index (χ0) is 17.9. The van der Waals surface area contributed by atoms with Gasteiger partial charge in [-0.15, -0.1) is 12.4 Å². The van der Waals surface area contributed by atoms with Crippen LogP contribution in [0, 0.1) is 5.92 Å². The molecule has 4 rings (SSSR count). The van der Waals surface area contributed by atoms with Crippen molar-refractivity contribution >= 4 is 34.2 Å². The van der Waals surface area contributed by atoms with Gasteiger partial charge >= 0.3 is 0 Å². The molecule has 1 aromatic rings. The third-order valence-corrected chi connectivity index (χ3v) is 7.21. The van der Waals surface area contributed by atoms with Gasteiger partial charge in [0.1, 0.15) is 4.90 Å². The molecule has 0 radical (unpaired) electrons. The van der Waals surface area contributed by atoms with Gasteiger partial charge in [0.05, 0.1) is 5.56 Å². The number of halogens is 1. The highest BCUT2D eigenvalue weighted by atomic mass is 35.5. The van der Waals surface area contributed by atoms with E-state index in [0.717, 1.165) is 10.7 Å². The van der Waals surface area contributed by atoms with Crippen LogP contribution in [0.2, 0.25) is 0 Å². The van der Waals surface area contributed by atoms with E-state index >= 15 is 0 Å². The van der Waals surface area contributed by atoms with Crippen LogP contribution in [0.5, 0.6) is 0 Å². The number of carbonyl (C=O) groups excluding carboxylic acids is 2. The number of sulfonamides is 1. The molecular formula is C17H22ClN3O4S. The second kappa shape index (κ2) is 6.51. The molecule has 1 aromatic carbocycles. The van der Waals surface area contributed by atoms with Gasteiger partial charge in [-0.2, -0.15) is 0 Å². The molecule has 2 heterocycles. The number of nitrogens with zero attached hydrogens (tertiary/aromatic N) is 2. The first kappa shape index (κ1) is 19.1. The number of rotatable bonds is 3. The second-order valence-electron chi connectivity index (χ2n) is 7.19. The number of fused-ring (bicyclic) bond motifs is 1. The average molecular weight is 400 g/mol. The van der Waals surface area contributed by atoms with E-state index in [-0.39, 0.29) is 46.8 Å². The van der Waals surface area contributed by atoms with Crippen LogP contribution in [0.15, 0.2) is 23.1 Å². The van der Waals surface area contributed by atoms with Gasteiger partial charge in [-0.05, 0) is 56.8 Å². The van der Waals surface area contributed by atoms with Crippen molar-refractivity contribution in [3.63, 3.8) is 0 Å².